The molecule has 0 bridgehead atoms. The zero-order chi connectivity index (χ0) is 13.4. The average molecular weight is 270 g/mol. The molecule has 19 heavy (non-hydrogen) atoms. The Bertz CT molecular complexity index is 718. The Labute approximate surface area is 116 Å². The second-order valence-electron chi connectivity index (χ2n) is 4.78. The standard InChI is InChI=1S/C15H14N2OS/c16-14(19)12-8-11-10-6-2-1-4-9(10)5-3-7-13(11)17-15(12)18/h1-2,4,6,8H,3,5,7H2,(H2,16,19)(H,17,18). The molecule has 1 aliphatic carbocycles. The minimum atomic E-state index is -0.189. The van der Waals surface area contributed by atoms with Crippen LogP contribution in [0.3, 0.4) is 0 Å². The molecule has 2 aromatic rings. The Morgan fingerprint density at radius 1 is 1.21 bits per heavy atom. The van der Waals surface area contributed by atoms with Crippen molar-refractivity contribution in [3.63, 3.8) is 0 Å². The van der Waals surface area contributed by atoms with Crippen molar-refractivity contribution in [2.45, 2.75) is 19.3 Å². The third kappa shape index (κ3) is 2.08. The van der Waals surface area contributed by atoms with Crippen LogP contribution in [0.2, 0.25) is 0 Å². The van der Waals surface area contributed by atoms with Crippen molar-refractivity contribution in [1.29, 1.82) is 0 Å². The van der Waals surface area contributed by atoms with Gasteiger partial charge in [0.2, 0.25) is 0 Å². The van der Waals surface area contributed by atoms with Gasteiger partial charge in [-0.15, -0.1) is 0 Å². The van der Waals surface area contributed by atoms with E-state index in [1.54, 1.807) is 0 Å². The Morgan fingerprint density at radius 2 is 2.00 bits per heavy atom. The lowest BCUT2D eigenvalue weighted by Gasteiger charge is -2.10. The van der Waals surface area contributed by atoms with Crippen LogP contribution in [-0.4, -0.2) is 9.97 Å². The molecule has 3 N–H and O–H groups in total. The van der Waals surface area contributed by atoms with E-state index in [4.69, 9.17) is 18.0 Å². The third-order valence-electron chi connectivity index (χ3n) is 3.57. The highest BCUT2D eigenvalue weighted by Gasteiger charge is 2.17. The fraction of sp³-hybridized carbons (Fsp3) is 0.200. The molecule has 4 heteroatoms. The summed E-state index contributed by atoms with van der Waals surface area (Å²) in [6, 6.07) is 10.1. The highest BCUT2D eigenvalue weighted by molar-refractivity contribution is 7.80. The summed E-state index contributed by atoms with van der Waals surface area (Å²) >= 11 is 4.94. The summed E-state index contributed by atoms with van der Waals surface area (Å²) in [6.45, 7) is 0. The Kier molecular flexibility index (Phi) is 2.95. The number of hydrogen-bond donors (Lipinski definition) is 2. The van der Waals surface area contributed by atoms with Crippen molar-refractivity contribution in [3.05, 3.63) is 57.5 Å². The highest BCUT2D eigenvalue weighted by Crippen LogP contribution is 2.31. The van der Waals surface area contributed by atoms with Crippen LogP contribution < -0.4 is 11.3 Å². The van der Waals surface area contributed by atoms with Crippen molar-refractivity contribution in [3.8, 4) is 11.1 Å². The first kappa shape index (κ1) is 12.1. The van der Waals surface area contributed by atoms with Gasteiger partial charge in [0.25, 0.3) is 5.56 Å². The van der Waals surface area contributed by atoms with Crippen molar-refractivity contribution < 1.29 is 0 Å². The van der Waals surface area contributed by atoms with Crippen LogP contribution in [0.4, 0.5) is 0 Å². The van der Waals surface area contributed by atoms with Gasteiger partial charge < -0.3 is 10.7 Å². The van der Waals surface area contributed by atoms with Crippen LogP contribution in [0.25, 0.3) is 11.1 Å². The molecule has 0 atom stereocenters. The van der Waals surface area contributed by atoms with Gasteiger partial charge >= 0.3 is 0 Å². The lowest BCUT2D eigenvalue weighted by atomic mass is 9.98. The number of nitrogens with two attached hydrogens (primary N) is 1. The minimum Gasteiger partial charge on any atom is -0.389 e. The first-order chi connectivity index (χ1) is 9.16. The molecule has 0 unspecified atom stereocenters. The molecule has 1 aliphatic rings. The maximum atomic E-state index is 11.9. The molecule has 0 spiro atoms. The lowest BCUT2D eigenvalue weighted by molar-refractivity contribution is 0.810. The summed E-state index contributed by atoms with van der Waals surface area (Å²) in [6.07, 6.45) is 2.93. The molecular weight excluding hydrogens is 256 g/mol. The minimum absolute atomic E-state index is 0.144. The average Bonchev–Trinajstić information content (AvgIpc) is 2.56. The summed E-state index contributed by atoms with van der Waals surface area (Å²) in [4.78, 5) is 15.0. The van der Waals surface area contributed by atoms with E-state index in [2.05, 4.69) is 17.1 Å². The van der Waals surface area contributed by atoms with E-state index in [1.165, 1.54) is 11.1 Å². The van der Waals surface area contributed by atoms with Gasteiger partial charge in [-0.25, -0.2) is 0 Å². The SMILES string of the molecule is NC(=S)c1cc2c([nH]c1=O)CCCc1ccccc1-2. The summed E-state index contributed by atoms with van der Waals surface area (Å²) in [5.41, 5.74) is 10.3. The Morgan fingerprint density at radius 3 is 2.79 bits per heavy atom. The molecule has 1 aromatic heterocycles. The molecule has 3 nitrogen and oxygen atoms in total. The molecule has 1 heterocycles. The topological polar surface area (TPSA) is 58.9 Å². The van der Waals surface area contributed by atoms with Gasteiger partial charge in [0.15, 0.2) is 0 Å². The van der Waals surface area contributed by atoms with Crippen molar-refractivity contribution >= 4 is 17.2 Å². The van der Waals surface area contributed by atoms with Crippen LogP contribution in [0.1, 0.15) is 23.2 Å². The molecule has 0 aliphatic heterocycles. The van der Waals surface area contributed by atoms with E-state index >= 15 is 0 Å². The van der Waals surface area contributed by atoms with Crippen LogP contribution in [0, 0.1) is 0 Å². The quantitative estimate of drug-likeness (QED) is 0.781. The number of fused-ring (bicyclic) bond motifs is 3. The molecule has 0 radical (unpaired) electrons. The number of pyridine rings is 1. The number of thiocarbonyl (C=S) groups is 1. The largest absolute Gasteiger partial charge is 0.389 e. The van der Waals surface area contributed by atoms with Gasteiger partial charge in [0, 0.05) is 11.3 Å². The van der Waals surface area contributed by atoms with Gasteiger partial charge in [-0.1, -0.05) is 36.5 Å². The van der Waals surface area contributed by atoms with Crippen molar-refractivity contribution in [1.82, 2.24) is 4.98 Å². The summed E-state index contributed by atoms with van der Waals surface area (Å²) in [5.74, 6) is 0. The summed E-state index contributed by atoms with van der Waals surface area (Å²) < 4.78 is 0. The number of rotatable bonds is 1. The van der Waals surface area contributed by atoms with Crippen LogP contribution >= 0.6 is 12.2 Å². The number of aromatic amines is 1. The zero-order valence-corrected chi connectivity index (χ0v) is 11.2. The number of H-pyrrole nitrogens is 1. The number of hydrogen-bond acceptors (Lipinski definition) is 2. The number of benzene rings is 1. The molecule has 3 rings (SSSR count). The van der Waals surface area contributed by atoms with Gasteiger partial charge in [-0.2, -0.15) is 0 Å². The second kappa shape index (κ2) is 4.63. The first-order valence-corrected chi connectivity index (χ1v) is 6.72. The smallest absolute Gasteiger partial charge is 0.258 e. The molecule has 0 amide bonds. The predicted octanol–water partition coefficient (Wildman–Crippen LogP) is 2.16. The molecule has 0 fully saturated rings. The van der Waals surface area contributed by atoms with E-state index in [0.29, 0.717) is 5.56 Å². The predicted molar refractivity (Wildman–Crippen MR) is 80.4 cm³/mol. The van der Waals surface area contributed by atoms with Crippen molar-refractivity contribution in [2.24, 2.45) is 5.73 Å². The summed E-state index contributed by atoms with van der Waals surface area (Å²) in [5, 5.41) is 0. The molecule has 96 valence electrons. The Hall–Kier alpha value is -1.94. The Balaban J connectivity index is 2.31. The first-order valence-electron chi connectivity index (χ1n) is 6.31. The normalized spacial score (nSPS) is 13.3. The van der Waals surface area contributed by atoms with Gasteiger partial charge in [0.1, 0.15) is 4.99 Å². The summed E-state index contributed by atoms with van der Waals surface area (Å²) in [7, 11) is 0. The number of nitrogens with one attached hydrogen (secondary N) is 1. The molecule has 1 aromatic carbocycles. The lowest BCUT2D eigenvalue weighted by Crippen LogP contribution is -2.23. The number of aryl methyl sites for hydroxylation is 2. The highest BCUT2D eigenvalue weighted by atomic mass is 32.1. The van der Waals surface area contributed by atoms with Gasteiger partial charge in [0.05, 0.1) is 5.56 Å². The fourth-order valence-corrected chi connectivity index (χ4v) is 2.80. The van der Waals surface area contributed by atoms with Gasteiger partial charge in [-0.3, -0.25) is 4.79 Å². The van der Waals surface area contributed by atoms with Crippen LogP contribution in [0.15, 0.2) is 35.1 Å². The second-order valence-corrected chi connectivity index (χ2v) is 5.22. The van der Waals surface area contributed by atoms with E-state index in [-0.39, 0.29) is 10.5 Å². The molecule has 0 saturated heterocycles. The zero-order valence-electron chi connectivity index (χ0n) is 10.4. The number of aromatic nitrogens is 1. The maximum Gasteiger partial charge on any atom is 0.258 e. The van der Waals surface area contributed by atoms with Crippen molar-refractivity contribution in [2.75, 3.05) is 0 Å². The van der Waals surface area contributed by atoms with Gasteiger partial charge in [-0.05, 0) is 36.5 Å². The van der Waals surface area contributed by atoms with E-state index < -0.39 is 0 Å². The van der Waals surface area contributed by atoms with E-state index in [1.807, 2.05) is 18.2 Å². The van der Waals surface area contributed by atoms with Crippen LogP contribution in [0.5, 0.6) is 0 Å². The fourth-order valence-electron chi connectivity index (χ4n) is 2.65. The molecule has 0 saturated carbocycles. The van der Waals surface area contributed by atoms with E-state index in [0.717, 1.165) is 30.5 Å². The molecular formula is C15H14N2OS. The maximum absolute atomic E-state index is 11.9. The monoisotopic (exact) mass is 270 g/mol. The van der Waals surface area contributed by atoms with E-state index in [9.17, 15) is 4.79 Å². The third-order valence-corrected chi connectivity index (χ3v) is 3.79. The van der Waals surface area contributed by atoms with Crippen LogP contribution in [-0.2, 0) is 12.8 Å².